The molecule has 1 aliphatic heterocycles. The highest BCUT2D eigenvalue weighted by molar-refractivity contribution is 6.13. The predicted molar refractivity (Wildman–Crippen MR) is 113 cm³/mol. The Kier molecular flexibility index (Phi) is 5.56. The molecule has 2 amide bonds. The molecule has 2 aromatic rings. The maximum Gasteiger partial charge on any atom is 0.240 e. The van der Waals surface area contributed by atoms with Crippen LogP contribution in [0.25, 0.3) is 0 Å². The number of nitrogens with one attached hydrogen (secondary N) is 1. The van der Waals surface area contributed by atoms with Crippen LogP contribution >= 0.6 is 0 Å². The smallest absolute Gasteiger partial charge is 0.240 e. The molecule has 5 nitrogen and oxygen atoms in total. The maximum atomic E-state index is 13.2. The second kappa shape index (κ2) is 8.27. The van der Waals surface area contributed by atoms with Crippen molar-refractivity contribution in [2.24, 2.45) is 5.41 Å². The molecule has 5 heteroatoms. The van der Waals surface area contributed by atoms with Crippen molar-refractivity contribution in [3.63, 3.8) is 0 Å². The number of ether oxygens (including phenoxy) is 1. The van der Waals surface area contributed by atoms with Crippen LogP contribution in [0.5, 0.6) is 11.5 Å². The fraction of sp³-hybridized carbons (Fsp3) is 0.417. The van der Waals surface area contributed by atoms with Gasteiger partial charge in [-0.15, -0.1) is 0 Å². The summed E-state index contributed by atoms with van der Waals surface area (Å²) in [6.07, 6.45) is 5.47. The van der Waals surface area contributed by atoms with Gasteiger partial charge in [-0.05, 0) is 74.9 Å². The van der Waals surface area contributed by atoms with Crippen LogP contribution in [0.4, 0.5) is 5.69 Å². The number of nitrogens with zero attached hydrogens (tertiary/aromatic N) is 1. The SMILES string of the molecule is CCC1CCCCN1C(=O)C1(C(=O)Nc2ccc(Oc3ccccc3)cc2)CC1. The normalized spacial score (nSPS) is 20.0. The molecule has 0 bridgehead atoms. The minimum Gasteiger partial charge on any atom is -0.457 e. The average molecular weight is 392 g/mol. The van der Waals surface area contributed by atoms with Gasteiger partial charge in [-0.2, -0.15) is 0 Å². The first-order valence-corrected chi connectivity index (χ1v) is 10.6. The largest absolute Gasteiger partial charge is 0.457 e. The molecule has 152 valence electrons. The second-order valence-electron chi connectivity index (χ2n) is 8.03. The molecule has 2 aliphatic rings. The van der Waals surface area contributed by atoms with E-state index < -0.39 is 5.41 Å². The summed E-state index contributed by atoms with van der Waals surface area (Å²) in [5.41, 5.74) is -0.190. The van der Waals surface area contributed by atoms with E-state index in [0.717, 1.165) is 31.6 Å². The first kappa shape index (κ1) is 19.5. The van der Waals surface area contributed by atoms with Crippen LogP contribution in [-0.2, 0) is 9.59 Å². The minimum atomic E-state index is -0.871. The number of para-hydroxylation sites is 1. The summed E-state index contributed by atoms with van der Waals surface area (Å²) in [6, 6.07) is 17.1. The Morgan fingerprint density at radius 3 is 2.38 bits per heavy atom. The average Bonchev–Trinajstić information content (AvgIpc) is 3.57. The zero-order chi connectivity index (χ0) is 20.3. The van der Waals surface area contributed by atoms with Gasteiger partial charge in [-0.25, -0.2) is 0 Å². The lowest BCUT2D eigenvalue weighted by molar-refractivity contribution is -0.145. The van der Waals surface area contributed by atoms with E-state index in [1.807, 2.05) is 59.5 Å². The second-order valence-corrected chi connectivity index (χ2v) is 8.03. The number of amides is 2. The topological polar surface area (TPSA) is 58.6 Å². The molecule has 1 heterocycles. The van der Waals surface area contributed by atoms with Crippen molar-refractivity contribution in [3.8, 4) is 11.5 Å². The summed E-state index contributed by atoms with van der Waals surface area (Å²) in [7, 11) is 0. The van der Waals surface area contributed by atoms with Crippen LogP contribution in [0, 0.1) is 5.41 Å². The van der Waals surface area contributed by atoms with Gasteiger partial charge < -0.3 is 15.0 Å². The zero-order valence-corrected chi connectivity index (χ0v) is 16.9. The minimum absolute atomic E-state index is 0.0191. The van der Waals surface area contributed by atoms with E-state index in [-0.39, 0.29) is 17.9 Å². The molecular formula is C24H28N2O3. The monoisotopic (exact) mass is 392 g/mol. The van der Waals surface area contributed by atoms with E-state index in [2.05, 4.69) is 12.2 Å². The Morgan fingerprint density at radius 1 is 1.03 bits per heavy atom. The standard InChI is InChI=1S/C24H28N2O3/c1-2-19-8-6-7-17-26(19)23(28)24(15-16-24)22(27)25-18-11-13-21(14-12-18)29-20-9-4-3-5-10-20/h3-5,9-14,19H,2,6-8,15-17H2,1H3,(H,25,27). The van der Waals surface area contributed by atoms with Crippen LogP contribution in [-0.4, -0.2) is 29.3 Å². The molecule has 0 aromatic heterocycles. The van der Waals surface area contributed by atoms with Crippen LogP contribution in [0.1, 0.15) is 45.4 Å². The zero-order valence-electron chi connectivity index (χ0n) is 16.9. The molecule has 1 N–H and O–H groups in total. The predicted octanol–water partition coefficient (Wildman–Crippen LogP) is 4.99. The van der Waals surface area contributed by atoms with Gasteiger partial charge in [-0.3, -0.25) is 9.59 Å². The molecule has 2 aromatic carbocycles. The summed E-state index contributed by atoms with van der Waals surface area (Å²) in [4.78, 5) is 28.1. The van der Waals surface area contributed by atoms with Crippen LogP contribution < -0.4 is 10.1 Å². The van der Waals surface area contributed by atoms with Gasteiger partial charge in [0, 0.05) is 18.3 Å². The van der Waals surface area contributed by atoms with Crippen molar-refractivity contribution in [2.45, 2.75) is 51.5 Å². The molecule has 0 radical (unpaired) electrons. The van der Waals surface area contributed by atoms with Crippen LogP contribution in [0.2, 0.25) is 0 Å². The fourth-order valence-electron chi connectivity index (χ4n) is 4.11. The van der Waals surface area contributed by atoms with E-state index in [4.69, 9.17) is 4.74 Å². The number of hydrogen-bond donors (Lipinski definition) is 1. The molecule has 1 atom stereocenters. The van der Waals surface area contributed by atoms with Crippen molar-refractivity contribution in [3.05, 3.63) is 54.6 Å². The van der Waals surface area contributed by atoms with E-state index in [0.29, 0.717) is 24.3 Å². The number of hydrogen-bond acceptors (Lipinski definition) is 3. The van der Waals surface area contributed by atoms with E-state index in [1.165, 1.54) is 6.42 Å². The molecule has 1 unspecified atom stereocenters. The Morgan fingerprint density at radius 2 is 1.72 bits per heavy atom. The van der Waals surface area contributed by atoms with Crippen molar-refractivity contribution in [1.82, 2.24) is 4.90 Å². The quantitative estimate of drug-likeness (QED) is 0.705. The van der Waals surface area contributed by atoms with Gasteiger partial charge in [0.1, 0.15) is 16.9 Å². The molecule has 2 fully saturated rings. The fourth-order valence-corrected chi connectivity index (χ4v) is 4.11. The highest BCUT2D eigenvalue weighted by atomic mass is 16.5. The number of anilines is 1. The third-order valence-corrected chi connectivity index (χ3v) is 6.04. The lowest BCUT2D eigenvalue weighted by Crippen LogP contribution is -2.49. The molecule has 29 heavy (non-hydrogen) atoms. The first-order chi connectivity index (χ1) is 14.1. The number of likely N-dealkylation sites (tertiary alicyclic amines) is 1. The highest BCUT2D eigenvalue weighted by Gasteiger charge is 2.58. The van der Waals surface area contributed by atoms with E-state index >= 15 is 0 Å². The third-order valence-electron chi connectivity index (χ3n) is 6.04. The van der Waals surface area contributed by atoms with E-state index in [9.17, 15) is 9.59 Å². The van der Waals surface area contributed by atoms with Gasteiger partial charge in [0.25, 0.3) is 0 Å². The van der Waals surface area contributed by atoms with Gasteiger partial charge in [0.2, 0.25) is 11.8 Å². The van der Waals surface area contributed by atoms with Gasteiger partial charge in [-0.1, -0.05) is 25.1 Å². The summed E-state index contributed by atoms with van der Waals surface area (Å²) < 4.78 is 5.79. The molecule has 1 saturated heterocycles. The highest BCUT2D eigenvalue weighted by Crippen LogP contribution is 2.49. The van der Waals surface area contributed by atoms with E-state index in [1.54, 1.807) is 0 Å². The summed E-state index contributed by atoms with van der Waals surface area (Å²) in [5.74, 6) is 1.30. The van der Waals surface area contributed by atoms with Gasteiger partial charge in [0.05, 0.1) is 0 Å². The Labute approximate surface area is 172 Å². The van der Waals surface area contributed by atoms with Crippen molar-refractivity contribution in [1.29, 1.82) is 0 Å². The summed E-state index contributed by atoms with van der Waals surface area (Å²) in [5, 5.41) is 2.95. The maximum absolute atomic E-state index is 13.2. The number of carbonyl (C=O) groups is 2. The molecule has 1 saturated carbocycles. The third kappa shape index (κ3) is 4.14. The molecule has 1 aliphatic carbocycles. The Hall–Kier alpha value is -2.82. The number of piperidine rings is 1. The van der Waals surface area contributed by atoms with Crippen LogP contribution in [0.3, 0.4) is 0 Å². The van der Waals surface area contributed by atoms with Crippen LogP contribution in [0.15, 0.2) is 54.6 Å². The molecular weight excluding hydrogens is 364 g/mol. The Balaban J connectivity index is 1.40. The van der Waals surface area contributed by atoms with Crippen molar-refractivity contribution in [2.75, 3.05) is 11.9 Å². The van der Waals surface area contributed by atoms with Crippen molar-refractivity contribution < 1.29 is 14.3 Å². The first-order valence-electron chi connectivity index (χ1n) is 10.6. The molecule has 4 rings (SSSR count). The lowest BCUT2D eigenvalue weighted by Gasteiger charge is -2.37. The lowest BCUT2D eigenvalue weighted by atomic mass is 9.95. The molecule has 0 spiro atoms. The van der Waals surface area contributed by atoms with Gasteiger partial charge in [0.15, 0.2) is 0 Å². The number of rotatable bonds is 6. The number of carbonyl (C=O) groups excluding carboxylic acids is 2. The van der Waals surface area contributed by atoms with Gasteiger partial charge >= 0.3 is 0 Å². The number of benzene rings is 2. The summed E-state index contributed by atoms with van der Waals surface area (Å²) >= 11 is 0. The summed E-state index contributed by atoms with van der Waals surface area (Å²) in [6.45, 7) is 2.90. The Bertz CT molecular complexity index is 859. The van der Waals surface area contributed by atoms with Crippen molar-refractivity contribution >= 4 is 17.5 Å².